The Kier molecular flexibility index (Phi) is 2.72. The van der Waals surface area contributed by atoms with Gasteiger partial charge in [-0.25, -0.2) is 4.39 Å². The van der Waals surface area contributed by atoms with Crippen LogP contribution in [0.2, 0.25) is 0 Å². The Morgan fingerprint density at radius 1 is 1.44 bits per heavy atom. The van der Waals surface area contributed by atoms with Crippen LogP contribution in [-0.4, -0.2) is 6.04 Å². The lowest BCUT2D eigenvalue weighted by Gasteiger charge is -2.08. The third kappa shape index (κ3) is 1.71. The normalized spacial score (nSPS) is 13.3. The molecule has 86 valence electrons. The van der Waals surface area contributed by atoms with Crippen molar-refractivity contribution in [3.8, 4) is 0 Å². The average molecular weight is 221 g/mol. The molecule has 2 N–H and O–H groups in total. The summed E-state index contributed by atoms with van der Waals surface area (Å²) in [6.45, 7) is 5.60. The Balaban J connectivity index is 2.71. The molecule has 0 bridgehead atoms. The minimum atomic E-state index is -0.187. The van der Waals surface area contributed by atoms with Crippen molar-refractivity contribution in [2.45, 2.75) is 33.2 Å². The molecule has 0 amide bonds. The molecule has 0 saturated heterocycles. The largest absolute Gasteiger partial charge is 0.464 e. The van der Waals surface area contributed by atoms with E-state index in [9.17, 15) is 4.39 Å². The number of aryl methyl sites for hydroxylation is 2. The second-order valence-corrected chi connectivity index (χ2v) is 4.45. The highest BCUT2D eigenvalue weighted by Gasteiger charge is 2.15. The number of halogens is 1. The van der Waals surface area contributed by atoms with Gasteiger partial charge < -0.3 is 10.2 Å². The quantitative estimate of drug-likeness (QED) is 0.846. The van der Waals surface area contributed by atoms with Crippen LogP contribution >= 0.6 is 0 Å². The van der Waals surface area contributed by atoms with E-state index in [-0.39, 0.29) is 11.9 Å². The van der Waals surface area contributed by atoms with E-state index >= 15 is 0 Å². The lowest BCUT2D eigenvalue weighted by atomic mass is 10.00. The number of fused-ring (bicyclic) bond motifs is 1. The molecule has 2 rings (SSSR count). The average Bonchev–Trinajstić information content (AvgIpc) is 2.56. The molecule has 2 aromatic rings. The number of rotatable bonds is 2. The van der Waals surface area contributed by atoms with E-state index in [0.29, 0.717) is 12.0 Å². The van der Waals surface area contributed by atoms with Gasteiger partial charge in [0.2, 0.25) is 0 Å². The molecule has 0 radical (unpaired) electrons. The van der Waals surface area contributed by atoms with Gasteiger partial charge in [0.1, 0.15) is 11.4 Å². The van der Waals surface area contributed by atoms with Crippen molar-refractivity contribution in [2.75, 3.05) is 0 Å². The predicted octanol–water partition coefficient (Wildman–Crippen LogP) is 3.08. The summed E-state index contributed by atoms with van der Waals surface area (Å²) in [5, 5.41) is 0.885. The molecule has 16 heavy (non-hydrogen) atoms. The monoisotopic (exact) mass is 221 g/mol. The zero-order valence-corrected chi connectivity index (χ0v) is 9.80. The Morgan fingerprint density at radius 2 is 2.12 bits per heavy atom. The van der Waals surface area contributed by atoms with Crippen LogP contribution in [0.25, 0.3) is 11.0 Å². The van der Waals surface area contributed by atoms with Gasteiger partial charge in [0.15, 0.2) is 0 Å². The van der Waals surface area contributed by atoms with E-state index in [0.717, 1.165) is 22.1 Å². The maximum absolute atomic E-state index is 13.7. The van der Waals surface area contributed by atoms with E-state index in [1.54, 1.807) is 13.2 Å². The topological polar surface area (TPSA) is 39.2 Å². The number of hydrogen-bond donors (Lipinski definition) is 1. The maximum Gasteiger partial charge on any atom is 0.137 e. The van der Waals surface area contributed by atoms with Crippen LogP contribution < -0.4 is 5.73 Å². The molecule has 0 spiro atoms. The van der Waals surface area contributed by atoms with Gasteiger partial charge in [0.25, 0.3) is 0 Å². The van der Waals surface area contributed by atoms with Crippen LogP contribution in [0.5, 0.6) is 0 Å². The van der Waals surface area contributed by atoms with E-state index in [1.165, 1.54) is 6.07 Å². The first-order valence-corrected chi connectivity index (χ1v) is 5.42. The van der Waals surface area contributed by atoms with Gasteiger partial charge in [0.05, 0.1) is 6.26 Å². The molecule has 2 nitrogen and oxygen atoms in total. The highest BCUT2D eigenvalue weighted by molar-refractivity contribution is 5.87. The molecule has 1 aromatic heterocycles. The van der Waals surface area contributed by atoms with Crippen molar-refractivity contribution >= 4 is 11.0 Å². The zero-order valence-electron chi connectivity index (χ0n) is 9.80. The Bertz CT molecular complexity index is 528. The molecule has 3 heteroatoms. The van der Waals surface area contributed by atoms with Crippen LogP contribution in [0.4, 0.5) is 4.39 Å². The Labute approximate surface area is 94.2 Å². The second-order valence-electron chi connectivity index (χ2n) is 4.45. The molecule has 1 heterocycles. The van der Waals surface area contributed by atoms with Crippen LogP contribution in [0.15, 0.2) is 16.7 Å². The number of nitrogens with two attached hydrogens (primary N) is 1. The third-order valence-corrected chi connectivity index (χ3v) is 2.84. The van der Waals surface area contributed by atoms with E-state index in [4.69, 9.17) is 10.2 Å². The molecular weight excluding hydrogens is 205 g/mol. The summed E-state index contributed by atoms with van der Waals surface area (Å²) in [5.74, 6) is -0.187. The van der Waals surface area contributed by atoms with Crippen molar-refractivity contribution in [2.24, 2.45) is 5.73 Å². The summed E-state index contributed by atoms with van der Waals surface area (Å²) in [5.41, 5.74) is 8.98. The van der Waals surface area contributed by atoms with Crippen molar-refractivity contribution in [3.05, 3.63) is 34.8 Å². The van der Waals surface area contributed by atoms with E-state index < -0.39 is 0 Å². The van der Waals surface area contributed by atoms with Gasteiger partial charge in [-0.15, -0.1) is 0 Å². The minimum absolute atomic E-state index is 0.00397. The van der Waals surface area contributed by atoms with Crippen LogP contribution in [-0.2, 0) is 6.42 Å². The highest BCUT2D eigenvalue weighted by atomic mass is 19.1. The van der Waals surface area contributed by atoms with Crippen molar-refractivity contribution in [3.63, 3.8) is 0 Å². The fourth-order valence-electron chi connectivity index (χ4n) is 2.09. The molecule has 1 aromatic carbocycles. The SMILES string of the molecule is Cc1coc2c(CC(C)N)cc(F)c(C)c12. The standard InChI is InChI=1S/C13H16FNO/c1-7-6-16-13-10(4-8(2)15)5-11(14)9(3)12(7)13/h5-6,8H,4,15H2,1-3H3. The Morgan fingerprint density at radius 3 is 2.75 bits per heavy atom. The number of benzene rings is 1. The molecular formula is C13H16FNO. The molecule has 0 aliphatic carbocycles. The van der Waals surface area contributed by atoms with Crippen LogP contribution in [0.3, 0.4) is 0 Å². The first kappa shape index (κ1) is 11.1. The summed E-state index contributed by atoms with van der Waals surface area (Å²) < 4.78 is 19.2. The highest BCUT2D eigenvalue weighted by Crippen LogP contribution is 2.29. The fourth-order valence-corrected chi connectivity index (χ4v) is 2.09. The predicted molar refractivity (Wildman–Crippen MR) is 63.0 cm³/mol. The van der Waals surface area contributed by atoms with E-state index in [1.807, 2.05) is 13.8 Å². The minimum Gasteiger partial charge on any atom is -0.464 e. The van der Waals surface area contributed by atoms with E-state index in [2.05, 4.69) is 0 Å². The fraction of sp³-hybridized carbons (Fsp3) is 0.385. The van der Waals surface area contributed by atoms with Crippen molar-refractivity contribution in [1.29, 1.82) is 0 Å². The van der Waals surface area contributed by atoms with Crippen molar-refractivity contribution < 1.29 is 8.81 Å². The maximum atomic E-state index is 13.7. The van der Waals surface area contributed by atoms with Gasteiger partial charge >= 0.3 is 0 Å². The van der Waals surface area contributed by atoms with Crippen LogP contribution in [0, 0.1) is 19.7 Å². The molecule has 0 aliphatic rings. The lowest BCUT2D eigenvalue weighted by Crippen LogP contribution is -2.18. The molecule has 0 aliphatic heterocycles. The molecule has 0 saturated carbocycles. The van der Waals surface area contributed by atoms with Gasteiger partial charge in [-0.2, -0.15) is 0 Å². The Hall–Kier alpha value is -1.35. The summed E-state index contributed by atoms with van der Waals surface area (Å²) in [4.78, 5) is 0. The number of hydrogen-bond acceptors (Lipinski definition) is 2. The lowest BCUT2D eigenvalue weighted by molar-refractivity contribution is 0.593. The number of furan rings is 1. The summed E-state index contributed by atoms with van der Waals surface area (Å²) in [6.07, 6.45) is 2.29. The first-order chi connectivity index (χ1) is 7.50. The second kappa shape index (κ2) is 3.91. The summed E-state index contributed by atoms with van der Waals surface area (Å²) >= 11 is 0. The van der Waals surface area contributed by atoms with Gasteiger partial charge in [-0.1, -0.05) is 0 Å². The van der Waals surface area contributed by atoms with Crippen molar-refractivity contribution in [1.82, 2.24) is 0 Å². The third-order valence-electron chi connectivity index (χ3n) is 2.84. The van der Waals surface area contributed by atoms with Gasteiger partial charge in [-0.3, -0.25) is 0 Å². The van der Waals surface area contributed by atoms with Crippen LogP contribution in [0.1, 0.15) is 23.6 Å². The molecule has 1 atom stereocenters. The smallest absolute Gasteiger partial charge is 0.137 e. The zero-order chi connectivity index (χ0) is 11.9. The summed E-state index contributed by atoms with van der Waals surface area (Å²) in [7, 11) is 0. The summed E-state index contributed by atoms with van der Waals surface area (Å²) in [6, 6.07) is 1.53. The van der Waals surface area contributed by atoms with Gasteiger partial charge in [0, 0.05) is 11.4 Å². The molecule has 0 fully saturated rings. The first-order valence-electron chi connectivity index (χ1n) is 5.42. The van der Waals surface area contributed by atoms with Gasteiger partial charge in [-0.05, 0) is 49.9 Å². The molecule has 1 unspecified atom stereocenters.